The fraction of sp³-hybridized carbons (Fsp3) is 0.364. The summed E-state index contributed by atoms with van der Waals surface area (Å²) < 4.78 is 0. The number of hydrogen-bond donors (Lipinski definition) is 1. The van der Waals surface area contributed by atoms with Crippen LogP contribution in [0.15, 0.2) is 54.6 Å². The molecule has 2 aromatic carbocycles. The molecule has 26 heavy (non-hydrogen) atoms. The molecule has 134 valence electrons. The minimum atomic E-state index is -0.135. The monoisotopic (exact) mass is 349 g/mol. The van der Waals surface area contributed by atoms with E-state index in [2.05, 4.69) is 30.3 Å². The summed E-state index contributed by atoms with van der Waals surface area (Å²) >= 11 is 0. The lowest BCUT2D eigenvalue weighted by molar-refractivity contribution is -0.905. The fourth-order valence-electron chi connectivity index (χ4n) is 4.20. The van der Waals surface area contributed by atoms with Crippen molar-refractivity contribution in [2.75, 3.05) is 26.2 Å². The minimum absolute atomic E-state index is 0.135. The third kappa shape index (κ3) is 3.42. The van der Waals surface area contributed by atoms with Gasteiger partial charge in [0, 0.05) is 0 Å². The molecule has 0 unspecified atom stereocenters. The third-order valence-electron chi connectivity index (χ3n) is 5.75. The van der Waals surface area contributed by atoms with Gasteiger partial charge in [-0.3, -0.25) is 14.5 Å². The largest absolute Gasteiger partial charge is 0.333 e. The summed E-state index contributed by atoms with van der Waals surface area (Å²) in [7, 11) is 0. The van der Waals surface area contributed by atoms with E-state index in [9.17, 15) is 9.59 Å². The highest BCUT2D eigenvalue weighted by atomic mass is 16.2. The predicted octanol–water partition coefficient (Wildman–Crippen LogP) is 1.82. The van der Waals surface area contributed by atoms with Gasteiger partial charge in [0.25, 0.3) is 11.8 Å². The van der Waals surface area contributed by atoms with Gasteiger partial charge in [-0.25, -0.2) is 0 Å². The Bertz CT molecular complexity index is 760. The molecule has 4 heteroatoms. The molecule has 4 rings (SSSR count). The van der Waals surface area contributed by atoms with E-state index in [1.807, 2.05) is 12.1 Å². The molecule has 1 saturated heterocycles. The van der Waals surface area contributed by atoms with Gasteiger partial charge >= 0.3 is 0 Å². The molecule has 0 spiro atoms. The van der Waals surface area contributed by atoms with E-state index in [0.717, 1.165) is 32.0 Å². The van der Waals surface area contributed by atoms with E-state index in [0.29, 0.717) is 17.7 Å². The third-order valence-corrected chi connectivity index (χ3v) is 5.75. The number of rotatable bonds is 5. The van der Waals surface area contributed by atoms with Crippen molar-refractivity contribution in [3.8, 4) is 0 Å². The topological polar surface area (TPSA) is 41.8 Å². The Kier molecular flexibility index (Phi) is 4.85. The van der Waals surface area contributed by atoms with Gasteiger partial charge in [-0.15, -0.1) is 0 Å². The second kappa shape index (κ2) is 7.42. The molecule has 0 atom stereocenters. The lowest BCUT2D eigenvalue weighted by atomic mass is 9.90. The molecule has 0 aliphatic carbocycles. The van der Waals surface area contributed by atoms with Crippen LogP contribution in [-0.2, 0) is 6.42 Å². The van der Waals surface area contributed by atoms with E-state index in [1.54, 1.807) is 12.1 Å². The van der Waals surface area contributed by atoms with Gasteiger partial charge in [0.2, 0.25) is 0 Å². The molecule has 1 fully saturated rings. The number of carbonyl (C=O) groups excluding carboxylic acids is 2. The number of quaternary nitrogens is 1. The number of amides is 2. The van der Waals surface area contributed by atoms with Crippen molar-refractivity contribution in [1.82, 2.24) is 4.90 Å². The van der Waals surface area contributed by atoms with Crippen molar-refractivity contribution in [1.29, 1.82) is 0 Å². The zero-order valence-corrected chi connectivity index (χ0v) is 15.0. The number of imide groups is 1. The maximum Gasteiger partial charge on any atom is 0.261 e. The van der Waals surface area contributed by atoms with E-state index in [-0.39, 0.29) is 11.8 Å². The van der Waals surface area contributed by atoms with Crippen molar-refractivity contribution in [3.63, 3.8) is 0 Å². The molecule has 1 N–H and O–H groups in total. The van der Waals surface area contributed by atoms with Gasteiger partial charge < -0.3 is 4.90 Å². The highest BCUT2D eigenvalue weighted by Crippen LogP contribution is 2.22. The SMILES string of the molecule is O=C1c2ccccc2C(=O)N1CC[NH+]1CCC(Cc2ccccc2)CC1. The van der Waals surface area contributed by atoms with Gasteiger partial charge in [0.15, 0.2) is 0 Å². The number of hydrogen-bond acceptors (Lipinski definition) is 2. The van der Waals surface area contributed by atoms with Crippen LogP contribution in [-0.4, -0.2) is 42.9 Å². The Hall–Kier alpha value is -2.46. The predicted molar refractivity (Wildman–Crippen MR) is 100 cm³/mol. The first-order chi connectivity index (χ1) is 12.7. The van der Waals surface area contributed by atoms with Crippen LogP contribution in [0.2, 0.25) is 0 Å². The number of likely N-dealkylation sites (tertiary alicyclic amines) is 1. The van der Waals surface area contributed by atoms with Crippen LogP contribution in [0.3, 0.4) is 0 Å². The van der Waals surface area contributed by atoms with Gasteiger partial charge in [0.1, 0.15) is 0 Å². The molecule has 2 amide bonds. The lowest BCUT2D eigenvalue weighted by Crippen LogP contribution is -3.13. The summed E-state index contributed by atoms with van der Waals surface area (Å²) in [6.07, 6.45) is 3.59. The Balaban J connectivity index is 1.27. The van der Waals surface area contributed by atoms with Crippen LogP contribution in [0.1, 0.15) is 39.1 Å². The first-order valence-electron chi connectivity index (χ1n) is 9.55. The number of nitrogens with one attached hydrogen (secondary N) is 1. The Morgan fingerprint density at radius 1 is 0.846 bits per heavy atom. The normalized spacial score (nSPS) is 22.5. The maximum atomic E-state index is 12.4. The molecular weight excluding hydrogens is 324 g/mol. The average molecular weight is 349 g/mol. The molecule has 2 aliphatic heterocycles. The summed E-state index contributed by atoms with van der Waals surface area (Å²) in [6.45, 7) is 3.62. The van der Waals surface area contributed by atoms with Crippen molar-refractivity contribution in [2.45, 2.75) is 19.3 Å². The lowest BCUT2D eigenvalue weighted by Gasteiger charge is -2.30. The van der Waals surface area contributed by atoms with Gasteiger partial charge in [-0.2, -0.15) is 0 Å². The van der Waals surface area contributed by atoms with E-state index in [4.69, 9.17) is 0 Å². The second-order valence-corrected chi connectivity index (χ2v) is 7.44. The Morgan fingerprint density at radius 3 is 2.04 bits per heavy atom. The number of benzene rings is 2. The maximum absolute atomic E-state index is 12.4. The van der Waals surface area contributed by atoms with E-state index < -0.39 is 0 Å². The second-order valence-electron chi connectivity index (χ2n) is 7.44. The van der Waals surface area contributed by atoms with Crippen LogP contribution in [0.4, 0.5) is 0 Å². The van der Waals surface area contributed by atoms with Gasteiger partial charge in [-0.1, -0.05) is 42.5 Å². The van der Waals surface area contributed by atoms with Gasteiger partial charge in [-0.05, 0) is 42.9 Å². The highest BCUT2D eigenvalue weighted by Gasteiger charge is 2.35. The molecule has 0 saturated carbocycles. The smallest absolute Gasteiger partial charge is 0.261 e. The molecule has 2 aliphatic rings. The molecule has 2 aromatic rings. The Labute approximate surface area is 154 Å². The first kappa shape index (κ1) is 17.0. The van der Waals surface area contributed by atoms with Crippen molar-refractivity contribution in [3.05, 3.63) is 71.3 Å². The molecular formula is C22H25N2O2+. The number of fused-ring (bicyclic) bond motifs is 1. The minimum Gasteiger partial charge on any atom is -0.333 e. The number of nitrogens with zero attached hydrogens (tertiary/aromatic N) is 1. The van der Waals surface area contributed by atoms with Crippen LogP contribution in [0, 0.1) is 5.92 Å². The number of piperidine rings is 1. The van der Waals surface area contributed by atoms with Gasteiger partial charge in [0.05, 0.1) is 37.3 Å². The summed E-state index contributed by atoms with van der Waals surface area (Å²) in [6, 6.07) is 17.8. The van der Waals surface area contributed by atoms with Crippen molar-refractivity contribution >= 4 is 11.8 Å². The molecule has 4 nitrogen and oxygen atoms in total. The standard InChI is InChI=1S/C22H24N2O2/c25-21-19-8-4-5-9-20(19)22(26)24(21)15-14-23-12-10-18(11-13-23)16-17-6-2-1-3-7-17/h1-9,18H,10-16H2/p+1. The average Bonchev–Trinajstić information content (AvgIpc) is 2.93. The summed E-state index contributed by atoms with van der Waals surface area (Å²) in [5.74, 6) is 0.480. The van der Waals surface area contributed by atoms with Crippen LogP contribution in [0.5, 0.6) is 0 Å². The quantitative estimate of drug-likeness (QED) is 0.837. The Morgan fingerprint density at radius 2 is 1.42 bits per heavy atom. The molecule has 0 radical (unpaired) electrons. The zero-order valence-electron chi connectivity index (χ0n) is 15.0. The van der Waals surface area contributed by atoms with Crippen LogP contribution in [0.25, 0.3) is 0 Å². The molecule has 0 aromatic heterocycles. The molecule has 0 bridgehead atoms. The summed E-state index contributed by atoms with van der Waals surface area (Å²) in [5, 5.41) is 0. The zero-order chi connectivity index (χ0) is 17.9. The van der Waals surface area contributed by atoms with Crippen LogP contribution >= 0.6 is 0 Å². The first-order valence-corrected chi connectivity index (χ1v) is 9.55. The van der Waals surface area contributed by atoms with Crippen LogP contribution < -0.4 is 4.90 Å². The van der Waals surface area contributed by atoms with Crippen molar-refractivity contribution in [2.24, 2.45) is 5.92 Å². The molecule has 2 heterocycles. The van der Waals surface area contributed by atoms with Crippen molar-refractivity contribution < 1.29 is 14.5 Å². The fourth-order valence-corrected chi connectivity index (χ4v) is 4.20. The summed E-state index contributed by atoms with van der Waals surface area (Å²) in [5.41, 5.74) is 2.52. The van der Waals surface area contributed by atoms with E-state index >= 15 is 0 Å². The summed E-state index contributed by atoms with van der Waals surface area (Å²) in [4.78, 5) is 27.8. The highest BCUT2D eigenvalue weighted by molar-refractivity contribution is 6.21. The number of carbonyl (C=O) groups is 2. The van der Waals surface area contributed by atoms with E-state index in [1.165, 1.54) is 28.2 Å².